The molecule has 0 bridgehead atoms. The van der Waals surface area contributed by atoms with Crippen LogP contribution >= 0.6 is 26.6 Å². The van der Waals surface area contributed by atoms with Crippen molar-refractivity contribution in [2.75, 3.05) is 11.4 Å². The molecule has 0 saturated carbocycles. The second-order valence-corrected chi connectivity index (χ2v) is 7.43. The summed E-state index contributed by atoms with van der Waals surface area (Å²) in [4.78, 5) is 16.6. The lowest BCUT2D eigenvalue weighted by molar-refractivity contribution is -0.117. The third-order valence-corrected chi connectivity index (χ3v) is 5.04. The molecule has 1 aliphatic heterocycles. The number of pyridine rings is 1. The lowest BCUT2D eigenvalue weighted by atomic mass is 10.3. The number of nitrogens with zero attached hydrogens (tertiary/aromatic N) is 2. The lowest BCUT2D eigenvalue weighted by Crippen LogP contribution is -2.27. The largest absolute Gasteiger partial charge is 0.308 e. The van der Waals surface area contributed by atoms with Crippen molar-refractivity contribution in [1.29, 1.82) is 0 Å². The van der Waals surface area contributed by atoms with E-state index in [1.807, 2.05) is 0 Å². The first-order valence-electron chi connectivity index (χ1n) is 4.84. The van der Waals surface area contributed by atoms with Crippen molar-refractivity contribution in [2.45, 2.75) is 11.7 Å². The van der Waals surface area contributed by atoms with Crippen LogP contribution in [-0.4, -0.2) is 31.1 Å². The fraction of sp³-hybridized carbons (Fsp3) is 0.333. The van der Waals surface area contributed by atoms with Crippen molar-refractivity contribution in [3.63, 3.8) is 0 Å². The van der Waals surface area contributed by atoms with Crippen LogP contribution in [0.2, 0.25) is 0 Å². The minimum absolute atomic E-state index is 0.103. The minimum Gasteiger partial charge on any atom is -0.308 e. The number of aromatic nitrogens is 1. The summed E-state index contributed by atoms with van der Waals surface area (Å²) in [6.45, 7) is -0.103. The van der Waals surface area contributed by atoms with Gasteiger partial charge in [-0.2, -0.15) is 0 Å². The van der Waals surface area contributed by atoms with Crippen molar-refractivity contribution in [2.24, 2.45) is 0 Å². The quantitative estimate of drug-likeness (QED) is 0.596. The third-order valence-electron chi connectivity index (χ3n) is 2.57. The van der Waals surface area contributed by atoms with Gasteiger partial charge in [0.05, 0.1) is 11.9 Å². The van der Waals surface area contributed by atoms with Gasteiger partial charge in [-0.3, -0.25) is 4.79 Å². The van der Waals surface area contributed by atoms with Gasteiger partial charge in [0, 0.05) is 29.7 Å². The molecule has 0 spiro atoms. The molecule has 1 fully saturated rings. The Balaban J connectivity index is 2.35. The Morgan fingerprint density at radius 1 is 1.56 bits per heavy atom. The first kappa shape index (κ1) is 13.7. The van der Waals surface area contributed by atoms with Gasteiger partial charge in [-0.15, -0.1) is 0 Å². The van der Waals surface area contributed by atoms with Crippen molar-refractivity contribution >= 4 is 47.3 Å². The SMILES string of the molecule is O=C1CC(S(=O)(=O)Cl)CN1c1cc(F)cnc1Br. The van der Waals surface area contributed by atoms with Crippen LogP contribution in [0, 0.1) is 5.82 Å². The number of amides is 1. The highest BCUT2D eigenvalue weighted by molar-refractivity contribution is 9.10. The maximum absolute atomic E-state index is 13.1. The van der Waals surface area contributed by atoms with Crippen LogP contribution in [0.25, 0.3) is 0 Å². The van der Waals surface area contributed by atoms with Crippen LogP contribution in [0.5, 0.6) is 0 Å². The Labute approximate surface area is 115 Å². The van der Waals surface area contributed by atoms with Crippen LogP contribution < -0.4 is 4.90 Å². The third kappa shape index (κ3) is 2.65. The molecule has 98 valence electrons. The normalized spacial score (nSPS) is 20.5. The van der Waals surface area contributed by atoms with E-state index in [1.54, 1.807) is 0 Å². The molecular formula is C9H7BrClFN2O3S. The van der Waals surface area contributed by atoms with E-state index in [-0.39, 0.29) is 23.3 Å². The van der Waals surface area contributed by atoms with E-state index in [4.69, 9.17) is 10.7 Å². The van der Waals surface area contributed by atoms with Gasteiger partial charge in [0.2, 0.25) is 15.0 Å². The molecule has 1 amide bonds. The summed E-state index contributed by atoms with van der Waals surface area (Å²) in [5, 5.41) is -0.984. The lowest BCUT2D eigenvalue weighted by Gasteiger charge is -2.17. The first-order valence-corrected chi connectivity index (χ1v) is 8.00. The molecule has 0 aromatic carbocycles. The van der Waals surface area contributed by atoms with Crippen LogP contribution in [0.4, 0.5) is 10.1 Å². The highest BCUT2D eigenvalue weighted by Crippen LogP contribution is 2.31. The number of hydrogen-bond donors (Lipinski definition) is 0. The summed E-state index contributed by atoms with van der Waals surface area (Å²) >= 11 is 3.08. The molecule has 2 heterocycles. The Bertz CT molecular complexity index is 610. The van der Waals surface area contributed by atoms with Gasteiger partial charge >= 0.3 is 0 Å². The Kier molecular flexibility index (Phi) is 3.61. The van der Waals surface area contributed by atoms with E-state index in [0.29, 0.717) is 0 Å². The van der Waals surface area contributed by atoms with E-state index < -0.39 is 26.0 Å². The average molecular weight is 358 g/mol. The summed E-state index contributed by atoms with van der Waals surface area (Å²) in [5.41, 5.74) is 0.197. The number of carbonyl (C=O) groups is 1. The number of hydrogen-bond acceptors (Lipinski definition) is 4. The molecule has 1 aromatic rings. The molecule has 1 atom stereocenters. The number of rotatable bonds is 2. The second kappa shape index (κ2) is 4.75. The molecule has 0 aliphatic carbocycles. The molecular weight excluding hydrogens is 351 g/mol. The number of carbonyl (C=O) groups excluding carboxylic acids is 1. The van der Waals surface area contributed by atoms with Gasteiger partial charge in [-0.05, 0) is 15.9 Å². The molecule has 18 heavy (non-hydrogen) atoms. The van der Waals surface area contributed by atoms with Gasteiger partial charge < -0.3 is 4.90 Å². The fourth-order valence-electron chi connectivity index (χ4n) is 1.70. The maximum Gasteiger partial charge on any atom is 0.237 e. The van der Waals surface area contributed by atoms with E-state index in [1.165, 1.54) is 0 Å². The van der Waals surface area contributed by atoms with Crippen LogP contribution in [0.15, 0.2) is 16.9 Å². The molecule has 0 N–H and O–H groups in total. The molecule has 0 radical (unpaired) electrons. The topological polar surface area (TPSA) is 67.3 Å². The summed E-state index contributed by atoms with van der Waals surface area (Å²) in [5.74, 6) is -1.05. The zero-order valence-corrected chi connectivity index (χ0v) is 12.0. The molecule has 1 aromatic heterocycles. The summed E-state index contributed by atoms with van der Waals surface area (Å²) in [6.07, 6.45) is 0.776. The standard InChI is InChI=1S/C9H7BrClFN2O3S/c10-9-7(1-5(12)3-13-9)14-4-6(2-8(14)15)18(11,16)17/h1,3,6H,2,4H2. The predicted octanol–water partition coefficient (Wildman–Crippen LogP) is 1.66. The molecule has 5 nitrogen and oxygen atoms in total. The van der Waals surface area contributed by atoms with E-state index >= 15 is 0 Å². The van der Waals surface area contributed by atoms with Crippen LogP contribution in [0.3, 0.4) is 0 Å². The van der Waals surface area contributed by atoms with Gasteiger partial charge in [-0.25, -0.2) is 17.8 Å². The van der Waals surface area contributed by atoms with Crippen molar-refractivity contribution in [3.8, 4) is 0 Å². The molecule has 1 saturated heterocycles. The zero-order chi connectivity index (χ0) is 13.5. The highest BCUT2D eigenvalue weighted by atomic mass is 79.9. The van der Waals surface area contributed by atoms with Crippen molar-refractivity contribution in [1.82, 2.24) is 4.98 Å². The van der Waals surface area contributed by atoms with E-state index in [2.05, 4.69) is 20.9 Å². The van der Waals surface area contributed by atoms with Gasteiger partial charge in [0.1, 0.15) is 15.7 Å². The first-order chi connectivity index (χ1) is 8.29. The monoisotopic (exact) mass is 356 g/mol. The molecule has 1 unspecified atom stereocenters. The average Bonchev–Trinajstić information content (AvgIpc) is 2.64. The summed E-state index contributed by atoms with van der Waals surface area (Å²) in [6, 6.07) is 1.11. The highest BCUT2D eigenvalue weighted by Gasteiger charge is 2.38. The minimum atomic E-state index is -3.82. The number of halogens is 3. The van der Waals surface area contributed by atoms with Crippen molar-refractivity contribution < 1.29 is 17.6 Å². The van der Waals surface area contributed by atoms with E-state index in [9.17, 15) is 17.6 Å². The van der Waals surface area contributed by atoms with Gasteiger partial charge in [0.25, 0.3) is 0 Å². The Morgan fingerprint density at radius 3 is 2.78 bits per heavy atom. The summed E-state index contributed by atoms with van der Waals surface area (Å²) < 4.78 is 35.7. The van der Waals surface area contributed by atoms with Gasteiger partial charge in [-0.1, -0.05) is 0 Å². The fourth-order valence-corrected chi connectivity index (χ4v) is 3.16. The van der Waals surface area contributed by atoms with E-state index in [0.717, 1.165) is 17.2 Å². The zero-order valence-electron chi connectivity index (χ0n) is 8.81. The number of anilines is 1. The van der Waals surface area contributed by atoms with Gasteiger partial charge in [0.15, 0.2) is 0 Å². The maximum atomic E-state index is 13.1. The molecule has 1 aliphatic rings. The molecule has 2 rings (SSSR count). The van der Waals surface area contributed by atoms with Crippen molar-refractivity contribution in [3.05, 3.63) is 22.7 Å². The smallest absolute Gasteiger partial charge is 0.237 e. The van der Waals surface area contributed by atoms with Crippen LogP contribution in [-0.2, 0) is 13.8 Å². The van der Waals surface area contributed by atoms with Crippen LogP contribution in [0.1, 0.15) is 6.42 Å². The Morgan fingerprint density at radius 2 is 2.22 bits per heavy atom. The summed E-state index contributed by atoms with van der Waals surface area (Å²) in [7, 11) is 1.40. The Hall–Kier alpha value is -0.730. The second-order valence-electron chi connectivity index (χ2n) is 3.77. The molecule has 9 heteroatoms. The predicted molar refractivity (Wildman–Crippen MR) is 67.4 cm³/mol.